The molecule has 1 saturated heterocycles. The Morgan fingerprint density at radius 3 is 2.25 bits per heavy atom. The van der Waals surface area contributed by atoms with E-state index in [0.717, 1.165) is 18.7 Å². The van der Waals surface area contributed by atoms with Crippen molar-refractivity contribution in [2.45, 2.75) is 31.9 Å². The average molecular weight is 260 g/mol. The van der Waals surface area contributed by atoms with Crippen LogP contribution in [-0.2, 0) is 0 Å². The fourth-order valence-electron chi connectivity index (χ4n) is 2.23. The molecule has 1 aromatic carbocycles. The second kappa shape index (κ2) is 4.10. The number of aliphatic hydroxyl groups excluding tert-OH is 1. The minimum atomic E-state index is -0.315. The largest absolute Gasteiger partial charge is 0.391 e. The summed E-state index contributed by atoms with van der Waals surface area (Å²) in [5, 5.41) is 11.2. The SMILES string of the molecule is CC1(C)C(O)CCN1c1cc(Cl)cc(Cl)c1. The lowest BCUT2D eigenvalue weighted by Gasteiger charge is -2.35. The van der Waals surface area contributed by atoms with E-state index < -0.39 is 0 Å². The molecule has 2 nitrogen and oxygen atoms in total. The number of nitrogens with zero attached hydrogens (tertiary/aromatic N) is 1. The zero-order valence-electron chi connectivity index (χ0n) is 9.37. The van der Waals surface area contributed by atoms with Crippen molar-refractivity contribution in [2.24, 2.45) is 0 Å². The van der Waals surface area contributed by atoms with Gasteiger partial charge in [-0.05, 0) is 38.5 Å². The van der Waals surface area contributed by atoms with E-state index in [1.54, 1.807) is 6.07 Å². The number of anilines is 1. The van der Waals surface area contributed by atoms with Crippen LogP contribution in [0.4, 0.5) is 5.69 Å². The Hall–Kier alpha value is -0.440. The Bertz CT molecular complexity index is 386. The van der Waals surface area contributed by atoms with E-state index in [9.17, 15) is 5.11 Å². The zero-order chi connectivity index (χ0) is 11.9. The molecule has 1 heterocycles. The lowest BCUT2D eigenvalue weighted by atomic mass is 9.98. The fourth-order valence-corrected chi connectivity index (χ4v) is 2.74. The molecule has 1 fully saturated rings. The van der Waals surface area contributed by atoms with Crippen LogP contribution in [0.1, 0.15) is 20.3 Å². The van der Waals surface area contributed by atoms with E-state index in [-0.39, 0.29) is 11.6 Å². The highest BCUT2D eigenvalue weighted by atomic mass is 35.5. The van der Waals surface area contributed by atoms with Crippen LogP contribution in [0.5, 0.6) is 0 Å². The van der Waals surface area contributed by atoms with E-state index in [2.05, 4.69) is 4.90 Å². The first-order chi connectivity index (χ1) is 7.41. The quantitative estimate of drug-likeness (QED) is 0.837. The number of hydrogen-bond donors (Lipinski definition) is 1. The Kier molecular flexibility index (Phi) is 3.08. The number of aliphatic hydroxyl groups is 1. The van der Waals surface area contributed by atoms with Gasteiger partial charge >= 0.3 is 0 Å². The van der Waals surface area contributed by atoms with Gasteiger partial charge in [0.1, 0.15) is 0 Å². The van der Waals surface area contributed by atoms with E-state index >= 15 is 0 Å². The molecule has 2 rings (SSSR count). The second-order valence-corrected chi connectivity index (χ2v) is 5.61. The molecule has 0 saturated carbocycles. The van der Waals surface area contributed by atoms with E-state index in [1.165, 1.54) is 0 Å². The smallest absolute Gasteiger partial charge is 0.0783 e. The van der Waals surface area contributed by atoms with Gasteiger partial charge in [0.05, 0.1) is 11.6 Å². The summed E-state index contributed by atoms with van der Waals surface area (Å²) in [6.45, 7) is 4.88. The van der Waals surface area contributed by atoms with E-state index in [0.29, 0.717) is 10.0 Å². The maximum atomic E-state index is 9.92. The Balaban J connectivity index is 2.38. The molecule has 0 radical (unpaired) electrons. The molecule has 0 amide bonds. The molecular formula is C12H15Cl2NO. The third-order valence-corrected chi connectivity index (χ3v) is 3.73. The molecule has 1 aliphatic rings. The van der Waals surface area contributed by atoms with Crippen LogP contribution in [-0.4, -0.2) is 23.3 Å². The van der Waals surface area contributed by atoms with Gasteiger partial charge in [-0.25, -0.2) is 0 Å². The van der Waals surface area contributed by atoms with Crippen LogP contribution in [0.3, 0.4) is 0 Å². The van der Waals surface area contributed by atoms with Crippen LogP contribution in [0.25, 0.3) is 0 Å². The first-order valence-electron chi connectivity index (χ1n) is 5.33. The summed E-state index contributed by atoms with van der Waals surface area (Å²) in [5.41, 5.74) is 0.702. The van der Waals surface area contributed by atoms with Gasteiger partial charge in [0, 0.05) is 22.3 Å². The monoisotopic (exact) mass is 259 g/mol. The molecule has 0 spiro atoms. The van der Waals surface area contributed by atoms with Gasteiger partial charge in [-0.2, -0.15) is 0 Å². The minimum Gasteiger partial charge on any atom is -0.391 e. The minimum absolute atomic E-state index is 0.270. The molecule has 1 N–H and O–H groups in total. The predicted molar refractivity (Wildman–Crippen MR) is 68.5 cm³/mol. The first kappa shape index (κ1) is 12.0. The van der Waals surface area contributed by atoms with Crippen molar-refractivity contribution in [2.75, 3.05) is 11.4 Å². The highest BCUT2D eigenvalue weighted by Gasteiger charge is 2.40. The molecule has 1 unspecified atom stereocenters. The van der Waals surface area contributed by atoms with Crippen molar-refractivity contribution < 1.29 is 5.11 Å². The molecular weight excluding hydrogens is 245 g/mol. The molecule has 4 heteroatoms. The maximum Gasteiger partial charge on any atom is 0.0783 e. The van der Waals surface area contributed by atoms with E-state index in [4.69, 9.17) is 23.2 Å². The van der Waals surface area contributed by atoms with Crippen molar-refractivity contribution >= 4 is 28.9 Å². The van der Waals surface area contributed by atoms with Gasteiger partial charge in [-0.15, -0.1) is 0 Å². The standard InChI is InChI=1S/C12H15Cl2NO/c1-12(2)11(16)3-4-15(12)10-6-8(13)5-9(14)7-10/h5-7,11,16H,3-4H2,1-2H3. The molecule has 0 bridgehead atoms. The van der Waals surface area contributed by atoms with Crippen LogP contribution < -0.4 is 4.90 Å². The molecule has 16 heavy (non-hydrogen) atoms. The molecule has 0 aliphatic carbocycles. The molecule has 1 atom stereocenters. The highest BCUT2D eigenvalue weighted by Crippen LogP contribution is 2.36. The van der Waals surface area contributed by atoms with Gasteiger partial charge in [-0.3, -0.25) is 0 Å². The Morgan fingerprint density at radius 1 is 1.25 bits per heavy atom. The molecule has 0 aromatic heterocycles. The van der Waals surface area contributed by atoms with Crippen molar-refractivity contribution in [3.05, 3.63) is 28.2 Å². The summed E-state index contributed by atoms with van der Waals surface area (Å²) in [7, 11) is 0. The zero-order valence-corrected chi connectivity index (χ0v) is 10.9. The molecule has 1 aromatic rings. The predicted octanol–water partition coefficient (Wildman–Crippen LogP) is 3.34. The van der Waals surface area contributed by atoms with Gasteiger partial charge in [-0.1, -0.05) is 23.2 Å². The van der Waals surface area contributed by atoms with Crippen LogP contribution in [0.15, 0.2) is 18.2 Å². The van der Waals surface area contributed by atoms with Crippen molar-refractivity contribution in [3.63, 3.8) is 0 Å². The number of hydrogen-bond acceptors (Lipinski definition) is 2. The summed E-state index contributed by atoms with van der Waals surface area (Å²) in [6.07, 6.45) is 0.460. The van der Waals surface area contributed by atoms with Crippen molar-refractivity contribution in [1.82, 2.24) is 0 Å². The van der Waals surface area contributed by atoms with Gasteiger partial charge in [0.15, 0.2) is 0 Å². The second-order valence-electron chi connectivity index (χ2n) is 4.74. The third-order valence-electron chi connectivity index (χ3n) is 3.30. The van der Waals surface area contributed by atoms with Crippen molar-refractivity contribution in [1.29, 1.82) is 0 Å². The summed E-state index contributed by atoms with van der Waals surface area (Å²) in [5.74, 6) is 0. The van der Waals surface area contributed by atoms with Gasteiger partial charge < -0.3 is 10.0 Å². The summed E-state index contributed by atoms with van der Waals surface area (Å²) < 4.78 is 0. The highest BCUT2D eigenvalue weighted by molar-refractivity contribution is 6.35. The summed E-state index contributed by atoms with van der Waals surface area (Å²) >= 11 is 12.0. The van der Waals surface area contributed by atoms with Gasteiger partial charge in [0.25, 0.3) is 0 Å². The average Bonchev–Trinajstić information content (AvgIpc) is 2.40. The maximum absolute atomic E-state index is 9.92. The summed E-state index contributed by atoms with van der Waals surface area (Å²) in [6, 6.07) is 5.48. The number of rotatable bonds is 1. The van der Waals surface area contributed by atoms with Crippen molar-refractivity contribution in [3.8, 4) is 0 Å². The van der Waals surface area contributed by atoms with Gasteiger partial charge in [0.2, 0.25) is 0 Å². The molecule has 1 aliphatic heterocycles. The fraction of sp³-hybridized carbons (Fsp3) is 0.500. The topological polar surface area (TPSA) is 23.5 Å². The lowest BCUT2D eigenvalue weighted by molar-refractivity contribution is 0.127. The Morgan fingerprint density at radius 2 is 1.81 bits per heavy atom. The van der Waals surface area contributed by atoms with Crippen LogP contribution in [0.2, 0.25) is 10.0 Å². The summed E-state index contributed by atoms with van der Waals surface area (Å²) in [4.78, 5) is 2.15. The van der Waals surface area contributed by atoms with Crippen LogP contribution >= 0.6 is 23.2 Å². The lowest BCUT2D eigenvalue weighted by Crippen LogP contribution is -2.45. The number of benzene rings is 1. The molecule has 88 valence electrons. The third kappa shape index (κ3) is 2.02. The Labute approximate surface area is 106 Å². The number of halogens is 2. The van der Waals surface area contributed by atoms with Crippen LogP contribution in [0, 0.1) is 0 Å². The first-order valence-corrected chi connectivity index (χ1v) is 6.08. The normalized spacial score (nSPS) is 23.8. The van der Waals surface area contributed by atoms with E-state index in [1.807, 2.05) is 26.0 Å².